The molecule has 212 valence electrons. The van der Waals surface area contributed by atoms with E-state index in [1.807, 2.05) is 49.4 Å². The Morgan fingerprint density at radius 1 is 1.15 bits per heavy atom. The zero-order valence-electron chi connectivity index (χ0n) is 23.3. The molecule has 9 heteroatoms. The first-order chi connectivity index (χ1) is 19.7. The van der Waals surface area contributed by atoms with Crippen molar-refractivity contribution in [1.82, 2.24) is 14.8 Å². The van der Waals surface area contributed by atoms with E-state index in [2.05, 4.69) is 10.3 Å². The van der Waals surface area contributed by atoms with E-state index in [0.29, 0.717) is 23.4 Å². The molecule has 0 bridgehead atoms. The van der Waals surface area contributed by atoms with Gasteiger partial charge in [0, 0.05) is 36.7 Å². The number of carbonyl (C=O) groups is 2. The van der Waals surface area contributed by atoms with Crippen LogP contribution in [0.2, 0.25) is 0 Å². The van der Waals surface area contributed by atoms with Crippen LogP contribution >= 0.6 is 0 Å². The van der Waals surface area contributed by atoms with Crippen molar-refractivity contribution in [2.75, 3.05) is 32.1 Å². The molecule has 41 heavy (non-hydrogen) atoms. The van der Waals surface area contributed by atoms with Crippen molar-refractivity contribution in [3.05, 3.63) is 90.4 Å². The highest BCUT2D eigenvalue weighted by Gasteiger charge is 2.35. The van der Waals surface area contributed by atoms with Gasteiger partial charge in [0.2, 0.25) is 5.88 Å². The molecule has 0 saturated heterocycles. The molecule has 3 aromatic carbocycles. The third-order valence-corrected chi connectivity index (χ3v) is 7.53. The molecule has 1 aliphatic rings. The number of aromatic nitrogens is 1. The van der Waals surface area contributed by atoms with E-state index in [1.54, 1.807) is 48.2 Å². The molecule has 0 saturated carbocycles. The van der Waals surface area contributed by atoms with E-state index < -0.39 is 12.1 Å². The summed E-state index contributed by atoms with van der Waals surface area (Å²) in [5.74, 6) is -0.714. The van der Waals surface area contributed by atoms with Crippen LogP contribution in [0.4, 0.5) is 14.9 Å². The SMILES string of the molecule is C[C@H](CO)N1C[C@H](C)[C@H](CN(C)C(=O)Nc2cccc3ccccc23)Oc2ncc(-c3ccc(F)cc3)cc2C1=O. The monoisotopic (exact) mass is 556 g/mol. The van der Waals surface area contributed by atoms with Crippen LogP contribution in [0, 0.1) is 11.7 Å². The molecule has 1 aromatic heterocycles. The van der Waals surface area contributed by atoms with E-state index in [4.69, 9.17) is 4.74 Å². The summed E-state index contributed by atoms with van der Waals surface area (Å²) in [6.45, 7) is 4.06. The first-order valence-corrected chi connectivity index (χ1v) is 13.6. The number of urea groups is 1. The predicted octanol–water partition coefficient (Wildman–Crippen LogP) is 5.42. The number of benzene rings is 3. The number of pyridine rings is 1. The zero-order chi connectivity index (χ0) is 29.1. The van der Waals surface area contributed by atoms with Crippen LogP contribution in [0.25, 0.3) is 21.9 Å². The van der Waals surface area contributed by atoms with Crippen molar-refractivity contribution < 1.29 is 23.8 Å². The highest BCUT2D eigenvalue weighted by molar-refractivity contribution is 6.01. The third kappa shape index (κ3) is 6.00. The first kappa shape index (κ1) is 28.0. The maximum atomic E-state index is 13.7. The van der Waals surface area contributed by atoms with Gasteiger partial charge in [0.1, 0.15) is 17.5 Å². The Bertz CT molecular complexity index is 1560. The summed E-state index contributed by atoms with van der Waals surface area (Å²) in [5.41, 5.74) is 2.29. The molecule has 2 N–H and O–H groups in total. The summed E-state index contributed by atoms with van der Waals surface area (Å²) >= 11 is 0. The summed E-state index contributed by atoms with van der Waals surface area (Å²) < 4.78 is 19.8. The van der Waals surface area contributed by atoms with Crippen LogP contribution in [-0.2, 0) is 0 Å². The van der Waals surface area contributed by atoms with Gasteiger partial charge in [-0.25, -0.2) is 14.2 Å². The number of aliphatic hydroxyl groups excluding tert-OH is 1. The summed E-state index contributed by atoms with van der Waals surface area (Å²) in [7, 11) is 1.69. The number of carbonyl (C=O) groups excluding carboxylic acids is 2. The van der Waals surface area contributed by atoms with Crippen molar-refractivity contribution in [3.63, 3.8) is 0 Å². The Morgan fingerprint density at radius 3 is 2.63 bits per heavy atom. The number of rotatable bonds is 6. The Kier molecular flexibility index (Phi) is 8.16. The Morgan fingerprint density at radius 2 is 1.88 bits per heavy atom. The highest BCUT2D eigenvalue weighted by atomic mass is 19.1. The van der Waals surface area contributed by atoms with Gasteiger partial charge in [0.15, 0.2) is 0 Å². The lowest BCUT2D eigenvalue weighted by Crippen LogP contribution is -2.50. The quantitative estimate of drug-likeness (QED) is 0.331. The smallest absolute Gasteiger partial charge is 0.321 e. The lowest BCUT2D eigenvalue weighted by atomic mass is 9.99. The van der Waals surface area contributed by atoms with Gasteiger partial charge in [-0.2, -0.15) is 0 Å². The molecule has 2 heterocycles. The molecule has 3 atom stereocenters. The van der Waals surface area contributed by atoms with Gasteiger partial charge in [0.05, 0.1) is 24.9 Å². The van der Waals surface area contributed by atoms with E-state index >= 15 is 0 Å². The molecular weight excluding hydrogens is 523 g/mol. The zero-order valence-corrected chi connectivity index (χ0v) is 23.3. The molecule has 1 aliphatic heterocycles. The Balaban J connectivity index is 1.42. The average Bonchev–Trinajstić information content (AvgIpc) is 2.98. The molecule has 0 spiro atoms. The number of nitrogens with one attached hydrogen (secondary N) is 1. The number of hydrogen-bond donors (Lipinski definition) is 2. The molecule has 3 amide bonds. The van der Waals surface area contributed by atoms with Crippen LogP contribution in [0.15, 0.2) is 79.0 Å². The van der Waals surface area contributed by atoms with E-state index in [-0.39, 0.29) is 48.3 Å². The molecule has 4 aromatic rings. The summed E-state index contributed by atoms with van der Waals surface area (Å²) in [6, 6.07) is 20.5. The molecule has 0 radical (unpaired) electrons. The van der Waals surface area contributed by atoms with Gasteiger partial charge in [-0.05, 0) is 42.1 Å². The van der Waals surface area contributed by atoms with Gasteiger partial charge in [-0.1, -0.05) is 55.5 Å². The number of amides is 3. The topological polar surface area (TPSA) is 95.0 Å². The Labute approximate surface area is 238 Å². The number of anilines is 1. The van der Waals surface area contributed by atoms with Gasteiger partial charge in [0.25, 0.3) is 5.91 Å². The lowest BCUT2D eigenvalue weighted by molar-refractivity contribution is 0.0356. The minimum atomic E-state index is -0.498. The van der Waals surface area contributed by atoms with Gasteiger partial charge < -0.3 is 25.0 Å². The number of aliphatic hydroxyl groups is 1. The van der Waals surface area contributed by atoms with Crippen molar-refractivity contribution in [1.29, 1.82) is 0 Å². The van der Waals surface area contributed by atoms with Gasteiger partial charge >= 0.3 is 6.03 Å². The van der Waals surface area contributed by atoms with Crippen molar-refractivity contribution >= 4 is 28.4 Å². The maximum Gasteiger partial charge on any atom is 0.321 e. The summed E-state index contributed by atoms with van der Waals surface area (Å²) in [5, 5.41) is 14.9. The highest BCUT2D eigenvalue weighted by Crippen LogP contribution is 2.31. The fourth-order valence-corrected chi connectivity index (χ4v) is 5.02. The fourth-order valence-electron chi connectivity index (χ4n) is 5.02. The van der Waals surface area contributed by atoms with Crippen molar-refractivity contribution in [2.45, 2.75) is 26.0 Å². The first-order valence-electron chi connectivity index (χ1n) is 13.6. The summed E-state index contributed by atoms with van der Waals surface area (Å²) in [6.07, 6.45) is 1.09. The lowest BCUT2D eigenvalue weighted by Gasteiger charge is -2.37. The number of nitrogens with zero attached hydrogens (tertiary/aromatic N) is 3. The fraction of sp³-hybridized carbons (Fsp3) is 0.281. The van der Waals surface area contributed by atoms with Crippen molar-refractivity contribution in [3.8, 4) is 17.0 Å². The van der Waals surface area contributed by atoms with E-state index in [9.17, 15) is 19.1 Å². The molecule has 0 aliphatic carbocycles. The van der Waals surface area contributed by atoms with Crippen LogP contribution in [0.1, 0.15) is 24.2 Å². The normalized spacial score (nSPS) is 17.7. The van der Waals surface area contributed by atoms with Gasteiger partial charge in [-0.15, -0.1) is 0 Å². The number of likely N-dealkylation sites (N-methyl/N-ethyl adjacent to an activating group) is 1. The largest absolute Gasteiger partial charge is 0.472 e. The minimum Gasteiger partial charge on any atom is -0.472 e. The molecule has 8 nitrogen and oxygen atoms in total. The number of hydrogen-bond acceptors (Lipinski definition) is 5. The van der Waals surface area contributed by atoms with Gasteiger partial charge in [-0.3, -0.25) is 4.79 Å². The van der Waals surface area contributed by atoms with Crippen LogP contribution < -0.4 is 10.1 Å². The standard InChI is InChI=1S/C32H33FN4O4/c1-20-17-37(21(2)19-38)31(39)27-15-24(22-11-13-25(33)14-12-22)16-34-30(27)41-29(20)18-36(3)32(40)35-28-10-6-8-23-7-4-5-9-26(23)28/h4-16,20-21,29,38H,17-19H2,1-3H3,(H,35,40)/t20-,21+,29-/m0/s1. The Hall–Kier alpha value is -4.50. The molecule has 5 rings (SSSR count). The number of ether oxygens (including phenoxy) is 1. The number of halogens is 1. The van der Waals surface area contributed by atoms with Crippen LogP contribution in [0.3, 0.4) is 0 Å². The molecular formula is C32H33FN4O4. The maximum absolute atomic E-state index is 13.7. The van der Waals surface area contributed by atoms with Crippen LogP contribution in [0.5, 0.6) is 5.88 Å². The van der Waals surface area contributed by atoms with E-state index in [1.165, 1.54) is 12.1 Å². The minimum absolute atomic E-state index is 0.149. The van der Waals surface area contributed by atoms with Crippen molar-refractivity contribution in [2.24, 2.45) is 5.92 Å². The summed E-state index contributed by atoms with van der Waals surface area (Å²) in [4.78, 5) is 34.6. The second kappa shape index (κ2) is 11.9. The molecule has 0 unspecified atom stereocenters. The average molecular weight is 557 g/mol. The van der Waals surface area contributed by atoms with E-state index in [0.717, 1.165) is 10.8 Å². The molecule has 0 fully saturated rings. The predicted molar refractivity (Wildman–Crippen MR) is 156 cm³/mol. The third-order valence-electron chi connectivity index (χ3n) is 7.53. The van der Waals surface area contributed by atoms with Crippen LogP contribution in [-0.4, -0.2) is 70.7 Å². The second-order valence-corrected chi connectivity index (χ2v) is 10.5. The second-order valence-electron chi connectivity index (χ2n) is 10.5. The number of fused-ring (bicyclic) bond motifs is 2.